The number of nitrogens with zero attached hydrogens (tertiary/aromatic N) is 1. The van der Waals surface area contributed by atoms with Crippen LogP contribution in [0, 0.1) is 17.1 Å². The lowest BCUT2D eigenvalue weighted by Crippen LogP contribution is -2.06. The van der Waals surface area contributed by atoms with E-state index < -0.39 is 20.6 Å². The molecule has 0 aliphatic heterocycles. The standard InChI is InChI=1S/C17H14FNO3S/c1-22-15-8-7-14(17(18)10-15)9-16(11-19)23(20,21)12-13-5-3-2-4-6-13/h2-10H,12H2,1H3/b16-9-. The lowest BCUT2D eigenvalue weighted by molar-refractivity contribution is 0.411. The lowest BCUT2D eigenvalue weighted by atomic mass is 10.2. The molecule has 0 saturated carbocycles. The van der Waals surface area contributed by atoms with Gasteiger partial charge in [0, 0.05) is 11.6 Å². The first kappa shape index (κ1) is 16.7. The van der Waals surface area contributed by atoms with Gasteiger partial charge in [0.25, 0.3) is 0 Å². The average Bonchev–Trinajstić information content (AvgIpc) is 2.53. The number of hydrogen-bond acceptors (Lipinski definition) is 4. The van der Waals surface area contributed by atoms with Crippen molar-refractivity contribution in [2.75, 3.05) is 7.11 Å². The summed E-state index contributed by atoms with van der Waals surface area (Å²) in [6.45, 7) is 0. The van der Waals surface area contributed by atoms with Gasteiger partial charge in [0.2, 0.25) is 0 Å². The van der Waals surface area contributed by atoms with Gasteiger partial charge in [-0.05, 0) is 23.8 Å². The zero-order valence-electron chi connectivity index (χ0n) is 12.4. The highest BCUT2D eigenvalue weighted by atomic mass is 32.2. The highest BCUT2D eigenvalue weighted by Gasteiger charge is 2.19. The summed E-state index contributed by atoms with van der Waals surface area (Å²) < 4.78 is 43.5. The maximum atomic E-state index is 13.9. The van der Waals surface area contributed by atoms with E-state index >= 15 is 0 Å². The zero-order valence-corrected chi connectivity index (χ0v) is 13.2. The van der Waals surface area contributed by atoms with Gasteiger partial charge in [-0.2, -0.15) is 5.26 Å². The number of rotatable bonds is 5. The van der Waals surface area contributed by atoms with Crippen LogP contribution < -0.4 is 4.74 Å². The molecule has 0 aliphatic carbocycles. The summed E-state index contributed by atoms with van der Waals surface area (Å²) in [7, 11) is -2.46. The fraction of sp³-hybridized carbons (Fsp3) is 0.118. The molecule has 0 fully saturated rings. The maximum Gasteiger partial charge on any atom is 0.192 e. The highest BCUT2D eigenvalue weighted by Crippen LogP contribution is 2.21. The predicted molar refractivity (Wildman–Crippen MR) is 85.6 cm³/mol. The molecule has 0 aliphatic rings. The number of sulfone groups is 1. The van der Waals surface area contributed by atoms with Crippen molar-refractivity contribution in [1.82, 2.24) is 0 Å². The first-order valence-corrected chi connectivity index (χ1v) is 8.33. The van der Waals surface area contributed by atoms with E-state index in [1.54, 1.807) is 36.4 Å². The molecule has 0 N–H and O–H groups in total. The van der Waals surface area contributed by atoms with E-state index in [4.69, 9.17) is 10.00 Å². The molecule has 6 heteroatoms. The Labute approximate surface area is 134 Å². The summed E-state index contributed by atoms with van der Waals surface area (Å²) in [5, 5.41) is 9.15. The molecule has 2 aromatic rings. The van der Waals surface area contributed by atoms with Gasteiger partial charge >= 0.3 is 0 Å². The van der Waals surface area contributed by atoms with Gasteiger partial charge in [0.1, 0.15) is 22.5 Å². The predicted octanol–water partition coefficient (Wildman–Crippen LogP) is 3.31. The number of benzene rings is 2. The van der Waals surface area contributed by atoms with E-state index in [0.717, 1.165) is 12.1 Å². The molecule has 0 atom stereocenters. The normalized spacial score (nSPS) is 11.8. The first-order valence-electron chi connectivity index (χ1n) is 6.68. The van der Waals surface area contributed by atoms with Crippen LogP contribution >= 0.6 is 0 Å². The Morgan fingerprint density at radius 3 is 2.52 bits per heavy atom. The number of ether oxygens (including phenoxy) is 1. The third-order valence-electron chi connectivity index (χ3n) is 3.14. The fourth-order valence-corrected chi connectivity index (χ4v) is 3.19. The number of methoxy groups -OCH3 is 1. The van der Waals surface area contributed by atoms with Gasteiger partial charge in [0.15, 0.2) is 9.84 Å². The second-order valence-electron chi connectivity index (χ2n) is 4.75. The van der Waals surface area contributed by atoms with E-state index in [1.165, 1.54) is 19.2 Å². The summed E-state index contributed by atoms with van der Waals surface area (Å²) >= 11 is 0. The Morgan fingerprint density at radius 2 is 1.96 bits per heavy atom. The number of hydrogen-bond donors (Lipinski definition) is 0. The molecule has 0 spiro atoms. The molecule has 0 unspecified atom stereocenters. The quantitative estimate of drug-likeness (QED) is 0.788. The third kappa shape index (κ3) is 4.18. The Balaban J connectivity index is 2.37. The molecular weight excluding hydrogens is 317 g/mol. The van der Waals surface area contributed by atoms with Gasteiger partial charge in [-0.3, -0.25) is 0 Å². The van der Waals surface area contributed by atoms with Crippen molar-refractivity contribution >= 4 is 15.9 Å². The van der Waals surface area contributed by atoms with Crippen LogP contribution in [0.4, 0.5) is 4.39 Å². The van der Waals surface area contributed by atoms with E-state index in [1.807, 2.05) is 0 Å². The summed E-state index contributed by atoms with van der Waals surface area (Å²) in [6.07, 6.45) is 1.03. The van der Waals surface area contributed by atoms with Crippen LogP contribution in [0.1, 0.15) is 11.1 Å². The second-order valence-corrected chi connectivity index (χ2v) is 6.71. The SMILES string of the molecule is COc1ccc(/C=C(/C#N)S(=O)(=O)Cc2ccccc2)c(F)c1. The second kappa shape index (κ2) is 7.07. The first-order chi connectivity index (χ1) is 11.0. The summed E-state index contributed by atoms with van der Waals surface area (Å²) in [5.41, 5.74) is 0.572. The Bertz CT molecular complexity index is 868. The summed E-state index contributed by atoms with van der Waals surface area (Å²) in [4.78, 5) is -0.481. The van der Waals surface area contributed by atoms with E-state index in [-0.39, 0.29) is 11.3 Å². The number of allylic oxidation sites excluding steroid dienone is 1. The lowest BCUT2D eigenvalue weighted by Gasteiger charge is -2.05. The smallest absolute Gasteiger partial charge is 0.192 e. The zero-order chi connectivity index (χ0) is 16.9. The molecular formula is C17H14FNO3S. The third-order valence-corrected chi connectivity index (χ3v) is 4.73. The van der Waals surface area contributed by atoms with Crippen LogP contribution in [0.5, 0.6) is 5.75 Å². The van der Waals surface area contributed by atoms with Gasteiger partial charge in [-0.1, -0.05) is 30.3 Å². The molecule has 0 saturated heterocycles. The summed E-state index contributed by atoms with van der Waals surface area (Å²) in [5.74, 6) is -0.664. The highest BCUT2D eigenvalue weighted by molar-refractivity contribution is 7.95. The Morgan fingerprint density at radius 1 is 1.26 bits per heavy atom. The van der Waals surface area contributed by atoms with Gasteiger partial charge in [-0.25, -0.2) is 12.8 Å². The van der Waals surface area contributed by atoms with Crippen molar-refractivity contribution < 1.29 is 17.5 Å². The minimum absolute atomic E-state index is 0.0130. The van der Waals surface area contributed by atoms with Crippen LogP contribution in [0.15, 0.2) is 53.4 Å². The molecule has 2 aromatic carbocycles. The molecule has 0 bridgehead atoms. The molecule has 0 heterocycles. The van der Waals surface area contributed by atoms with Crippen LogP contribution in [-0.4, -0.2) is 15.5 Å². The van der Waals surface area contributed by atoms with E-state index in [0.29, 0.717) is 11.3 Å². The molecule has 0 aromatic heterocycles. The minimum Gasteiger partial charge on any atom is -0.497 e. The van der Waals surface area contributed by atoms with Crippen molar-refractivity contribution in [3.8, 4) is 11.8 Å². The van der Waals surface area contributed by atoms with Crippen molar-refractivity contribution in [3.63, 3.8) is 0 Å². The van der Waals surface area contributed by atoms with Gasteiger partial charge < -0.3 is 4.74 Å². The van der Waals surface area contributed by atoms with Gasteiger partial charge in [-0.15, -0.1) is 0 Å². The summed E-state index contributed by atoms with van der Waals surface area (Å²) in [6, 6.07) is 14.1. The van der Waals surface area contributed by atoms with Crippen molar-refractivity contribution in [2.45, 2.75) is 5.75 Å². The maximum absolute atomic E-state index is 13.9. The van der Waals surface area contributed by atoms with Crippen LogP contribution in [0.3, 0.4) is 0 Å². The fourth-order valence-electron chi connectivity index (χ4n) is 1.96. The monoisotopic (exact) mass is 331 g/mol. The molecule has 0 radical (unpaired) electrons. The van der Waals surface area contributed by atoms with Crippen LogP contribution in [0.2, 0.25) is 0 Å². The van der Waals surface area contributed by atoms with E-state index in [2.05, 4.69) is 0 Å². The van der Waals surface area contributed by atoms with Crippen molar-refractivity contribution in [1.29, 1.82) is 5.26 Å². The van der Waals surface area contributed by atoms with Crippen molar-refractivity contribution in [3.05, 3.63) is 70.4 Å². The largest absolute Gasteiger partial charge is 0.497 e. The number of nitriles is 1. The molecule has 23 heavy (non-hydrogen) atoms. The van der Waals surface area contributed by atoms with Gasteiger partial charge in [0.05, 0.1) is 12.9 Å². The average molecular weight is 331 g/mol. The Hall–Kier alpha value is -2.65. The topological polar surface area (TPSA) is 67.2 Å². The van der Waals surface area contributed by atoms with Crippen LogP contribution in [-0.2, 0) is 15.6 Å². The molecule has 118 valence electrons. The van der Waals surface area contributed by atoms with E-state index in [9.17, 15) is 12.8 Å². The number of halogens is 1. The molecule has 0 amide bonds. The molecule has 4 nitrogen and oxygen atoms in total. The minimum atomic E-state index is -3.85. The van der Waals surface area contributed by atoms with Crippen molar-refractivity contribution in [2.24, 2.45) is 0 Å². The Kier molecular flexibility index (Phi) is 5.14. The molecule has 2 rings (SSSR count). The van der Waals surface area contributed by atoms with Crippen LogP contribution in [0.25, 0.3) is 6.08 Å².